The van der Waals surface area contributed by atoms with Crippen LogP contribution in [-0.2, 0) is 17.8 Å². The third kappa shape index (κ3) is 3.61. The van der Waals surface area contributed by atoms with E-state index in [-0.39, 0.29) is 5.91 Å². The van der Waals surface area contributed by atoms with E-state index in [1.54, 1.807) is 36.7 Å². The number of thiophene rings is 1. The average molecular weight is 415 g/mol. The molecule has 0 N–H and O–H groups in total. The van der Waals surface area contributed by atoms with Crippen molar-refractivity contribution in [1.29, 1.82) is 0 Å². The zero-order valence-electron chi connectivity index (χ0n) is 15.4. The first-order valence-corrected chi connectivity index (χ1v) is 10.3. The van der Waals surface area contributed by atoms with Gasteiger partial charge in [0.1, 0.15) is 27.5 Å². The number of carbonyl (C=O) groups is 1. The third-order valence-corrected chi connectivity index (χ3v) is 6.20. The fraction of sp³-hybridized carbons (Fsp3) is 0.200. The number of methoxy groups -OCH3 is 2. The van der Waals surface area contributed by atoms with Crippen LogP contribution in [0.5, 0.6) is 11.5 Å². The Hall–Kier alpha value is -2.84. The molecule has 0 fully saturated rings. The fourth-order valence-electron chi connectivity index (χ4n) is 2.87. The van der Waals surface area contributed by atoms with E-state index in [1.807, 2.05) is 41.8 Å². The largest absolute Gasteiger partial charge is 0.495 e. The van der Waals surface area contributed by atoms with Gasteiger partial charge in [0.15, 0.2) is 5.13 Å². The summed E-state index contributed by atoms with van der Waals surface area (Å²) >= 11 is 2.96. The van der Waals surface area contributed by atoms with Crippen molar-refractivity contribution in [3.63, 3.8) is 0 Å². The minimum absolute atomic E-state index is 0.0455. The molecule has 0 bridgehead atoms. The van der Waals surface area contributed by atoms with Crippen LogP contribution in [0.2, 0.25) is 0 Å². The lowest BCUT2D eigenvalue weighted by molar-refractivity contribution is -0.118. The van der Waals surface area contributed by atoms with E-state index in [1.165, 1.54) is 11.3 Å². The van der Waals surface area contributed by atoms with Gasteiger partial charge in [0.25, 0.3) is 0 Å². The number of fused-ring (bicyclic) bond motifs is 1. The predicted molar refractivity (Wildman–Crippen MR) is 111 cm³/mol. The quantitative estimate of drug-likeness (QED) is 0.437. The summed E-state index contributed by atoms with van der Waals surface area (Å²) in [6.07, 6.45) is 1.91. The second-order valence-corrected chi connectivity index (χ2v) is 7.97. The van der Waals surface area contributed by atoms with Gasteiger partial charge in [0.2, 0.25) is 5.91 Å². The monoisotopic (exact) mass is 414 g/mol. The number of carbonyl (C=O) groups excluding carboxylic acids is 1. The van der Waals surface area contributed by atoms with Crippen molar-refractivity contribution in [2.24, 2.45) is 0 Å². The number of furan rings is 1. The number of nitrogens with zero attached hydrogens (tertiary/aromatic N) is 2. The van der Waals surface area contributed by atoms with Crippen LogP contribution in [0.4, 0.5) is 5.13 Å². The Morgan fingerprint density at radius 2 is 1.96 bits per heavy atom. The molecule has 0 aliphatic rings. The highest BCUT2D eigenvalue weighted by Gasteiger charge is 2.24. The molecule has 28 heavy (non-hydrogen) atoms. The summed E-state index contributed by atoms with van der Waals surface area (Å²) < 4.78 is 17.2. The van der Waals surface area contributed by atoms with Gasteiger partial charge in [0, 0.05) is 4.88 Å². The van der Waals surface area contributed by atoms with E-state index in [0.717, 1.165) is 9.58 Å². The Kier molecular flexibility index (Phi) is 5.31. The molecular formula is C20H18N2O4S2. The molecule has 0 aliphatic heterocycles. The van der Waals surface area contributed by atoms with Gasteiger partial charge in [-0.1, -0.05) is 17.4 Å². The summed E-state index contributed by atoms with van der Waals surface area (Å²) in [5.41, 5.74) is 0.676. The fourth-order valence-corrected chi connectivity index (χ4v) is 4.66. The number of benzene rings is 1. The molecule has 8 heteroatoms. The predicted octanol–water partition coefficient (Wildman–Crippen LogP) is 4.74. The number of amides is 1. The SMILES string of the molecule is COc1ccc(OC)c2sc(N(Cc3ccco3)C(=O)Cc3cccs3)nc12. The Bertz CT molecular complexity index is 1030. The summed E-state index contributed by atoms with van der Waals surface area (Å²) in [5.74, 6) is 1.98. The highest BCUT2D eigenvalue weighted by Crippen LogP contribution is 2.40. The molecule has 1 amide bonds. The van der Waals surface area contributed by atoms with Crippen LogP contribution in [0.25, 0.3) is 10.2 Å². The lowest BCUT2D eigenvalue weighted by atomic mass is 10.3. The first kappa shape index (κ1) is 18.5. The Balaban J connectivity index is 1.75. The van der Waals surface area contributed by atoms with Gasteiger partial charge >= 0.3 is 0 Å². The smallest absolute Gasteiger partial charge is 0.234 e. The molecule has 4 aromatic rings. The first-order chi connectivity index (χ1) is 13.7. The van der Waals surface area contributed by atoms with Crippen LogP contribution >= 0.6 is 22.7 Å². The zero-order chi connectivity index (χ0) is 19.5. The molecule has 0 spiro atoms. The molecule has 0 saturated carbocycles. The Morgan fingerprint density at radius 1 is 1.14 bits per heavy atom. The summed E-state index contributed by atoms with van der Waals surface area (Å²) in [5, 5.41) is 2.54. The highest BCUT2D eigenvalue weighted by atomic mass is 32.1. The van der Waals surface area contributed by atoms with Gasteiger partial charge < -0.3 is 13.9 Å². The van der Waals surface area contributed by atoms with Gasteiger partial charge in [-0.05, 0) is 35.7 Å². The van der Waals surface area contributed by atoms with Gasteiger partial charge in [-0.15, -0.1) is 11.3 Å². The van der Waals surface area contributed by atoms with Crippen molar-refractivity contribution in [2.45, 2.75) is 13.0 Å². The number of hydrogen-bond acceptors (Lipinski definition) is 7. The minimum Gasteiger partial charge on any atom is -0.495 e. The van der Waals surface area contributed by atoms with E-state index in [0.29, 0.717) is 40.9 Å². The van der Waals surface area contributed by atoms with Gasteiger partial charge in [-0.2, -0.15) is 0 Å². The molecule has 0 radical (unpaired) electrons. The summed E-state index contributed by atoms with van der Waals surface area (Å²) in [6.45, 7) is 0.307. The number of anilines is 1. The van der Waals surface area contributed by atoms with Crippen LogP contribution in [-0.4, -0.2) is 25.1 Å². The maximum Gasteiger partial charge on any atom is 0.234 e. The van der Waals surface area contributed by atoms with Crippen LogP contribution in [0, 0.1) is 0 Å². The lowest BCUT2D eigenvalue weighted by Crippen LogP contribution is -2.31. The second kappa shape index (κ2) is 8.04. The summed E-state index contributed by atoms with van der Waals surface area (Å²) in [4.78, 5) is 20.5. The molecule has 0 unspecified atom stereocenters. The molecule has 144 valence electrons. The van der Waals surface area contributed by atoms with Gasteiger partial charge in [0.05, 0.1) is 33.4 Å². The highest BCUT2D eigenvalue weighted by molar-refractivity contribution is 7.22. The molecule has 1 aromatic carbocycles. The van der Waals surface area contributed by atoms with Crippen molar-refractivity contribution >= 4 is 43.9 Å². The molecule has 6 nitrogen and oxygen atoms in total. The normalized spacial score (nSPS) is 10.9. The number of hydrogen-bond donors (Lipinski definition) is 0. The van der Waals surface area contributed by atoms with Crippen molar-refractivity contribution in [2.75, 3.05) is 19.1 Å². The lowest BCUT2D eigenvalue weighted by Gasteiger charge is -2.18. The van der Waals surface area contributed by atoms with Gasteiger partial charge in [-0.25, -0.2) is 4.98 Å². The van der Waals surface area contributed by atoms with E-state index in [2.05, 4.69) is 0 Å². The minimum atomic E-state index is -0.0455. The number of aromatic nitrogens is 1. The Labute approximate surface area is 169 Å². The van der Waals surface area contributed by atoms with Crippen LogP contribution in [0.15, 0.2) is 52.5 Å². The molecule has 0 atom stereocenters. The van der Waals surface area contributed by atoms with E-state index in [9.17, 15) is 4.79 Å². The zero-order valence-corrected chi connectivity index (χ0v) is 17.0. The number of thiazole rings is 1. The maximum absolute atomic E-state index is 13.1. The second-order valence-electron chi connectivity index (χ2n) is 5.96. The average Bonchev–Trinajstić information content (AvgIpc) is 3.46. The standard InChI is InChI=1S/C20H18N2O4S2/c1-24-15-7-8-16(25-2)19-18(15)21-20(28-19)22(12-13-5-3-9-26-13)17(23)11-14-6-4-10-27-14/h3-10H,11-12H2,1-2H3. The number of ether oxygens (including phenoxy) is 2. The first-order valence-electron chi connectivity index (χ1n) is 8.56. The van der Waals surface area contributed by atoms with Crippen molar-refractivity contribution < 1.29 is 18.7 Å². The van der Waals surface area contributed by atoms with Crippen LogP contribution < -0.4 is 14.4 Å². The van der Waals surface area contributed by atoms with Crippen molar-refractivity contribution in [3.05, 3.63) is 58.7 Å². The maximum atomic E-state index is 13.1. The summed E-state index contributed by atoms with van der Waals surface area (Å²) in [7, 11) is 3.21. The molecule has 0 aliphatic carbocycles. The van der Waals surface area contributed by atoms with Crippen molar-refractivity contribution in [1.82, 2.24) is 4.98 Å². The Morgan fingerprint density at radius 3 is 2.64 bits per heavy atom. The molecule has 4 rings (SSSR count). The third-order valence-electron chi connectivity index (χ3n) is 4.23. The van der Waals surface area contributed by atoms with E-state index < -0.39 is 0 Å². The number of rotatable bonds is 7. The molecule has 0 saturated heterocycles. The van der Waals surface area contributed by atoms with Crippen LogP contribution in [0.3, 0.4) is 0 Å². The van der Waals surface area contributed by atoms with Crippen molar-refractivity contribution in [3.8, 4) is 11.5 Å². The molecule has 3 heterocycles. The molecule has 3 aromatic heterocycles. The van der Waals surface area contributed by atoms with Crippen LogP contribution in [0.1, 0.15) is 10.6 Å². The topological polar surface area (TPSA) is 64.8 Å². The van der Waals surface area contributed by atoms with Gasteiger partial charge in [-0.3, -0.25) is 9.69 Å². The van der Waals surface area contributed by atoms with E-state index in [4.69, 9.17) is 18.9 Å². The van der Waals surface area contributed by atoms with E-state index >= 15 is 0 Å². The summed E-state index contributed by atoms with van der Waals surface area (Å²) in [6, 6.07) is 11.2. The molecular weight excluding hydrogens is 396 g/mol.